The van der Waals surface area contributed by atoms with E-state index in [9.17, 15) is 13.5 Å². The number of aryl methyl sites for hydroxylation is 1. The lowest BCUT2D eigenvalue weighted by Crippen LogP contribution is -2.42. The summed E-state index contributed by atoms with van der Waals surface area (Å²) in [5, 5.41) is 16.5. The predicted octanol–water partition coefficient (Wildman–Crippen LogP) is 0.908. The van der Waals surface area contributed by atoms with Crippen LogP contribution in [0.1, 0.15) is 32.3 Å². The van der Waals surface area contributed by atoms with Crippen LogP contribution in [0.4, 0.5) is 0 Å². The number of nitrogens with zero attached hydrogens (tertiary/aromatic N) is 1. The Morgan fingerprint density at radius 1 is 1.28 bits per heavy atom. The third-order valence-electron chi connectivity index (χ3n) is 3.28. The van der Waals surface area contributed by atoms with Crippen LogP contribution in [0.3, 0.4) is 0 Å². The summed E-state index contributed by atoms with van der Waals surface area (Å²) in [6, 6.07) is 3.52. The highest BCUT2D eigenvalue weighted by Gasteiger charge is 2.26. The molecule has 0 radical (unpaired) electrons. The molecule has 1 atom stereocenters. The summed E-state index contributed by atoms with van der Waals surface area (Å²) >= 11 is 0. The summed E-state index contributed by atoms with van der Waals surface area (Å²) in [6.07, 6.45) is 0. The first-order valence-corrected chi connectivity index (χ1v) is 9.64. The van der Waals surface area contributed by atoms with Gasteiger partial charge in [-0.3, -0.25) is 0 Å². The molecule has 1 aromatic heterocycles. The first-order chi connectivity index (χ1) is 11.2. The van der Waals surface area contributed by atoms with Crippen LogP contribution in [0, 0.1) is 6.92 Å². The van der Waals surface area contributed by atoms with Crippen molar-refractivity contribution in [2.75, 3.05) is 31.9 Å². The van der Waals surface area contributed by atoms with E-state index in [-0.39, 0.29) is 42.8 Å². The minimum atomic E-state index is -3.20. The second kappa shape index (κ2) is 11.0. The lowest BCUT2D eigenvalue weighted by Gasteiger charge is -2.19. The number of hydrogen-bond acceptors (Lipinski definition) is 5. The Hall–Kier alpha value is -0.850. The molecule has 0 aromatic carbocycles. The van der Waals surface area contributed by atoms with Crippen molar-refractivity contribution in [1.82, 2.24) is 15.4 Å². The van der Waals surface area contributed by atoms with E-state index in [1.54, 1.807) is 26.0 Å². The second-order valence-corrected chi connectivity index (χ2v) is 7.70. The van der Waals surface area contributed by atoms with Crippen molar-refractivity contribution >= 4 is 40.0 Å². The maximum absolute atomic E-state index is 11.4. The van der Waals surface area contributed by atoms with Gasteiger partial charge in [0.2, 0.25) is 10.0 Å². The average molecular weight is 488 g/mol. The fraction of sp³-hybridized carbons (Fsp3) is 0.667. The van der Waals surface area contributed by atoms with E-state index in [4.69, 9.17) is 4.42 Å². The summed E-state index contributed by atoms with van der Waals surface area (Å²) in [7, 11) is -3.20. The van der Waals surface area contributed by atoms with Crippen LogP contribution < -0.4 is 15.4 Å². The molecule has 25 heavy (non-hydrogen) atoms. The Morgan fingerprint density at radius 3 is 2.48 bits per heavy atom. The number of aliphatic imine (C=N–C) groups is 1. The molecule has 0 aliphatic heterocycles. The molecule has 0 bridgehead atoms. The molecule has 1 rings (SSSR count). The molecule has 0 spiro atoms. The van der Waals surface area contributed by atoms with Crippen LogP contribution in [0.25, 0.3) is 0 Å². The molecular formula is C15H29IN4O4S. The molecule has 0 saturated carbocycles. The van der Waals surface area contributed by atoms with Gasteiger partial charge in [-0.15, -0.1) is 24.0 Å². The van der Waals surface area contributed by atoms with Gasteiger partial charge in [0.25, 0.3) is 0 Å². The summed E-state index contributed by atoms with van der Waals surface area (Å²) in [4.78, 5) is 4.33. The number of sulfonamides is 1. The molecular weight excluding hydrogens is 459 g/mol. The Labute approximate surface area is 166 Å². The van der Waals surface area contributed by atoms with E-state index in [0.29, 0.717) is 24.8 Å². The van der Waals surface area contributed by atoms with Gasteiger partial charge < -0.3 is 20.2 Å². The number of halogens is 1. The zero-order valence-corrected chi connectivity index (χ0v) is 18.3. The molecule has 0 aliphatic rings. The average Bonchev–Trinajstić information content (AvgIpc) is 2.96. The highest BCUT2D eigenvalue weighted by molar-refractivity contribution is 14.0. The van der Waals surface area contributed by atoms with E-state index in [2.05, 4.69) is 20.3 Å². The largest absolute Gasteiger partial charge is 0.463 e. The standard InChI is InChI=1S/C15H28N4O4S.HI/c1-5-16-14(17-9-10-19-24(21,22)6-2)18-11-15(4,20)13-8-7-12(3)23-13;/h7-8,19-20H,5-6,9-11H2,1-4H3,(H2,16,17,18);1H. The molecule has 146 valence electrons. The number of rotatable bonds is 9. The number of hydrogen-bond donors (Lipinski definition) is 4. The molecule has 0 amide bonds. The maximum Gasteiger partial charge on any atom is 0.211 e. The van der Waals surface area contributed by atoms with Gasteiger partial charge in [0, 0.05) is 19.6 Å². The van der Waals surface area contributed by atoms with E-state index >= 15 is 0 Å². The molecule has 0 aliphatic carbocycles. The lowest BCUT2D eigenvalue weighted by atomic mass is 10.0. The van der Waals surface area contributed by atoms with Crippen LogP contribution in [0.5, 0.6) is 0 Å². The Kier molecular flexibility index (Phi) is 10.6. The van der Waals surface area contributed by atoms with Crippen molar-refractivity contribution in [2.45, 2.75) is 33.3 Å². The Morgan fingerprint density at radius 2 is 1.96 bits per heavy atom. The zero-order chi connectivity index (χ0) is 18.2. The quantitative estimate of drug-likeness (QED) is 0.178. The fourth-order valence-corrected chi connectivity index (χ4v) is 2.48. The highest BCUT2D eigenvalue weighted by Crippen LogP contribution is 2.22. The van der Waals surface area contributed by atoms with Gasteiger partial charge in [-0.05, 0) is 39.8 Å². The van der Waals surface area contributed by atoms with Crippen molar-refractivity contribution in [3.05, 3.63) is 23.7 Å². The van der Waals surface area contributed by atoms with Crippen molar-refractivity contribution < 1.29 is 17.9 Å². The monoisotopic (exact) mass is 488 g/mol. The summed E-state index contributed by atoms with van der Waals surface area (Å²) < 4.78 is 30.6. The number of guanidine groups is 1. The minimum absolute atomic E-state index is 0. The Balaban J connectivity index is 0.00000576. The first kappa shape index (κ1) is 24.1. The van der Waals surface area contributed by atoms with Gasteiger partial charge in [0.15, 0.2) is 5.96 Å². The molecule has 4 N–H and O–H groups in total. The SMILES string of the molecule is CCNC(=NCC(C)(O)c1ccc(C)o1)NCCNS(=O)(=O)CC.I. The van der Waals surface area contributed by atoms with Gasteiger partial charge in [0.05, 0.1) is 12.3 Å². The first-order valence-electron chi connectivity index (χ1n) is 7.99. The van der Waals surface area contributed by atoms with E-state index in [1.807, 2.05) is 13.8 Å². The third kappa shape index (κ3) is 8.88. The van der Waals surface area contributed by atoms with Crippen molar-refractivity contribution in [3.63, 3.8) is 0 Å². The second-order valence-electron chi connectivity index (χ2n) is 5.60. The van der Waals surface area contributed by atoms with Crippen molar-refractivity contribution in [1.29, 1.82) is 0 Å². The molecule has 0 saturated heterocycles. The Bertz CT molecular complexity index is 644. The molecule has 10 heteroatoms. The van der Waals surface area contributed by atoms with E-state index < -0.39 is 15.6 Å². The predicted molar refractivity (Wildman–Crippen MR) is 110 cm³/mol. The zero-order valence-electron chi connectivity index (χ0n) is 15.1. The number of furan rings is 1. The van der Waals surface area contributed by atoms with Gasteiger partial charge in [0.1, 0.15) is 17.1 Å². The molecule has 8 nitrogen and oxygen atoms in total. The van der Waals surface area contributed by atoms with Gasteiger partial charge in [-0.2, -0.15) is 0 Å². The van der Waals surface area contributed by atoms with Gasteiger partial charge in [-0.25, -0.2) is 18.1 Å². The third-order valence-corrected chi connectivity index (χ3v) is 4.68. The number of aliphatic hydroxyl groups is 1. The normalized spacial score (nSPS) is 14.5. The fourth-order valence-electron chi connectivity index (χ4n) is 1.87. The summed E-state index contributed by atoms with van der Waals surface area (Å²) in [6.45, 7) is 8.34. The van der Waals surface area contributed by atoms with Crippen LogP contribution in [-0.2, 0) is 15.6 Å². The van der Waals surface area contributed by atoms with Gasteiger partial charge in [-0.1, -0.05) is 0 Å². The van der Waals surface area contributed by atoms with E-state index in [0.717, 1.165) is 5.76 Å². The van der Waals surface area contributed by atoms with E-state index in [1.165, 1.54) is 0 Å². The summed E-state index contributed by atoms with van der Waals surface area (Å²) in [5.74, 6) is 1.72. The lowest BCUT2D eigenvalue weighted by molar-refractivity contribution is 0.0428. The molecule has 1 aromatic rings. The van der Waals surface area contributed by atoms with Crippen LogP contribution >= 0.6 is 24.0 Å². The van der Waals surface area contributed by atoms with Crippen LogP contribution in [0.15, 0.2) is 21.5 Å². The highest BCUT2D eigenvalue weighted by atomic mass is 127. The van der Waals surface area contributed by atoms with Crippen LogP contribution in [-0.4, -0.2) is 51.4 Å². The number of nitrogens with one attached hydrogen (secondary N) is 3. The maximum atomic E-state index is 11.4. The summed E-state index contributed by atoms with van der Waals surface area (Å²) in [5.41, 5.74) is -1.22. The topological polar surface area (TPSA) is 116 Å². The van der Waals surface area contributed by atoms with Crippen LogP contribution in [0.2, 0.25) is 0 Å². The smallest absolute Gasteiger partial charge is 0.211 e. The van der Waals surface area contributed by atoms with Crippen molar-refractivity contribution in [3.8, 4) is 0 Å². The molecule has 1 unspecified atom stereocenters. The molecule has 0 fully saturated rings. The van der Waals surface area contributed by atoms with Gasteiger partial charge >= 0.3 is 0 Å². The minimum Gasteiger partial charge on any atom is -0.463 e. The molecule has 1 heterocycles. The van der Waals surface area contributed by atoms with Crippen molar-refractivity contribution in [2.24, 2.45) is 4.99 Å².